The molecule has 0 bridgehead atoms. The number of carbonyl (C=O) groups excluding carboxylic acids is 1. The molecule has 8 heteroatoms. The van der Waals surface area contributed by atoms with Crippen LogP contribution in [0.4, 0.5) is 5.69 Å². The number of carbonyl (C=O) groups is 1. The van der Waals surface area contributed by atoms with Crippen molar-refractivity contribution in [3.63, 3.8) is 0 Å². The molecule has 0 atom stereocenters. The predicted molar refractivity (Wildman–Crippen MR) is 95.0 cm³/mol. The molecule has 0 saturated heterocycles. The zero-order valence-electron chi connectivity index (χ0n) is 14.4. The zero-order chi connectivity index (χ0) is 18.6. The maximum absolute atomic E-state index is 12.8. The third-order valence-electron chi connectivity index (χ3n) is 3.73. The molecule has 0 aliphatic rings. The van der Waals surface area contributed by atoms with Gasteiger partial charge < -0.3 is 14.8 Å². The first-order valence-corrected chi connectivity index (χ1v) is 8.82. The van der Waals surface area contributed by atoms with Gasteiger partial charge in [0.15, 0.2) is 11.5 Å². The first-order valence-electron chi connectivity index (χ1n) is 7.38. The van der Waals surface area contributed by atoms with Gasteiger partial charge in [-0.25, -0.2) is 8.42 Å². The van der Waals surface area contributed by atoms with E-state index >= 15 is 0 Å². The van der Waals surface area contributed by atoms with Crippen molar-refractivity contribution >= 4 is 21.6 Å². The highest BCUT2D eigenvalue weighted by atomic mass is 32.2. The van der Waals surface area contributed by atoms with Crippen LogP contribution >= 0.6 is 0 Å². The summed E-state index contributed by atoms with van der Waals surface area (Å²) in [6.45, 7) is 0. The Labute approximate surface area is 147 Å². The lowest BCUT2D eigenvalue weighted by molar-refractivity contribution is 0.0963. The molecule has 0 aliphatic heterocycles. The molecular weight excluding hydrogens is 344 g/mol. The van der Waals surface area contributed by atoms with E-state index < -0.39 is 10.0 Å². The number of amides is 1. The van der Waals surface area contributed by atoms with E-state index in [2.05, 4.69) is 5.32 Å². The number of hydrogen-bond donors (Lipinski definition) is 1. The van der Waals surface area contributed by atoms with E-state index in [1.165, 1.54) is 52.6 Å². The van der Waals surface area contributed by atoms with Crippen LogP contribution in [-0.2, 0) is 10.0 Å². The first-order chi connectivity index (χ1) is 11.8. The van der Waals surface area contributed by atoms with Gasteiger partial charge in [0.2, 0.25) is 0 Å². The predicted octanol–water partition coefficient (Wildman–Crippen LogP) is 1.89. The molecule has 0 fully saturated rings. The van der Waals surface area contributed by atoms with Crippen LogP contribution in [0.1, 0.15) is 10.4 Å². The molecule has 0 radical (unpaired) electrons. The summed E-state index contributed by atoms with van der Waals surface area (Å²) in [7, 11) is 2.16. The van der Waals surface area contributed by atoms with Gasteiger partial charge in [0, 0.05) is 25.7 Å². The van der Waals surface area contributed by atoms with Gasteiger partial charge in [-0.2, -0.15) is 0 Å². The smallest absolute Gasteiger partial charge is 0.264 e. The summed E-state index contributed by atoms with van der Waals surface area (Å²) in [6.07, 6.45) is 0. The second kappa shape index (κ2) is 7.43. The molecule has 0 spiro atoms. The van der Waals surface area contributed by atoms with Crippen molar-refractivity contribution in [3.8, 4) is 11.5 Å². The van der Waals surface area contributed by atoms with Crippen LogP contribution in [-0.4, -0.2) is 42.6 Å². The molecule has 0 heterocycles. The number of nitrogens with one attached hydrogen (secondary N) is 1. The summed E-state index contributed by atoms with van der Waals surface area (Å²) in [4.78, 5) is 11.6. The van der Waals surface area contributed by atoms with Crippen LogP contribution in [0.15, 0.2) is 47.4 Å². The Morgan fingerprint density at radius 2 is 1.60 bits per heavy atom. The van der Waals surface area contributed by atoms with Crippen LogP contribution < -0.4 is 19.1 Å². The van der Waals surface area contributed by atoms with Gasteiger partial charge in [-0.3, -0.25) is 9.10 Å². The summed E-state index contributed by atoms with van der Waals surface area (Å²) in [6, 6.07) is 10.6. The summed E-state index contributed by atoms with van der Waals surface area (Å²) < 4.78 is 37.1. The number of hydrogen-bond acceptors (Lipinski definition) is 5. The van der Waals surface area contributed by atoms with Gasteiger partial charge in [-0.1, -0.05) is 0 Å². The number of ether oxygens (including phenoxy) is 2. The molecule has 2 rings (SSSR count). The minimum absolute atomic E-state index is 0.0810. The van der Waals surface area contributed by atoms with Crippen molar-refractivity contribution in [2.75, 3.05) is 32.6 Å². The molecule has 0 saturated carbocycles. The Hall–Kier alpha value is -2.74. The minimum atomic E-state index is -3.78. The molecule has 134 valence electrons. The summed E-state index contributed by atoms with van der Waals surface area (Å²) in [5, 5.41) is 2.49. The molecular formula is C17H20N2O5S. The summed E-state index contributed by atoms with van der Waals surface area (Å²) >= 11 is 0. The molecule has 0 aliphatic carbocycles. The normalized spacial score (nSPS) is 10.9. The third-order valence-corrected chi connectivity index (χ3v) is 5.53. The van der Waals surface area contributed by atoms with Crippen molar-refractivity contribution in [3.05, 3.63) is 48.0 Å². The fraction of sp³-hybridized carbons (Fsp3) is 0.235. The fourth-order valence-electron chi connectivity index (χ4n) is 2.24. The van der Waals surface area contributed by atoms with Crippen molar-refractivity contribution < 1.29 is 22.7 Å². The molecule has 2 aromatic rings. The fourth-order valence-corrected chi connectivity index (χ4v) is 3.43. The first kappa shape index (κ1) is 18.6. The van der Waals surface area contributed by atoms with Crippen LogP contribution in [0.25, 0.3) is 0 Å². The van der Waals surface area contributed by atoms with Crippen molar-refractivity contribution in [2.24, 2.45) is 0 Å². The molecule has 1 N–H and O–H groups in total. The number of anilines is 1. The third kappa shape index (κ3) is 3.69. The van der Waals surface area contributed by atoms with Gasteiger partial charge in [-0.15, -0.1) is 0 Å². The van der Waals surface area contributed by atoms with Gasteiger partial charge >= 0.3 is 0 Å². The second-order valence-corrected chi connectivity index (χ2v) is 7.08. The molecule has 0 unspecified atom stereocenters. The maximum Gasteiger partial charge on any atom is 0.264 e. The minimum Gasteiger partial charge on any atom is -0.493 e. The van der Waals surface area contributed by atoms with Crippen LogP contribution in [0, 0.1) is 0 Å². The highest BCUT2D eigenvalue weighted by Crippen LogP contribution is 2.33. The average molecular weight is 364 g/mol. The molecule has 25 heavy (non-hydrogen) atoms. The van der Waals surface area contributed by atoms with Gasteiger partial charge in [-0.05, 0) is 36.4 Å². The van der Waals surface area contributed by atoms with E-state index in [4.69, 9.17) is 9.47 Å². The lowest BCUT2D eigenvalue weighted by atomic mass is 10.2. The van der Waals surface area contributed by atoms with Crippen molar-refractivity contribution in [2.45, 2.75) is 4.90 Å². The quantitative estimate of drug-likeness (QED) is 0.846. The van der Waals surface area contributed by atoms with Crippen LogP contribution in [0.5, 0.6) is 11.5 Å². The van der Waals surface area contributed by atoms with E-state index in [1.807, 2.05) is 0 Å². The lowest BCUT2D eigenvalue weighted by Crippen LogP contribution is -2.26. The van der Waals surface area contributed by atoms with E-state index in [9.17, 15) is 13.2 Å². The van der Waals surface area contributed by atoms with Crippen LogP contribution in [0.3, 0.4) is 0 Å². The largest absolute Gasteiger partial charge is 0.493 e. The Bertz CT molecular complexity index is 863. The number of benzene rings is 2. The second-order valence-electron chi connectivity index (χ2n) is 5.12. The van der Waals surface area contributed by atoms with Crippen LogP contribution in [0.2, 0.25) is 0 Å². The molecule has 1 amide bonds. The number of sulfonamides is 1. The van der Waals surface area contributed by atoms with E-state index in [-0.39, 0.29) is 10.8 Å². The number of nitrogens with zero attached hydrogens (tertiary/aromatic N) is 1. The monoisotopic (exact) mass is 364 g/mol. The van der Waals surface area contributed by atoms with Crippen molar-refractivity contribution in [1.82, 2.24) is 5.32 Å². The standard InChI is InChI=1S/C17H20N2O5S/c1-18-17(20)12-5-8-14(9-6-12)25(21,22)19(2)13-7-10-15(23-3)16(11-13)24-4/h5-11H,1-4H3,(H,18,20). The topological polar surface area (TPSA) is 84.9 Å². The average Bonchev–Trinajstić information content (AvgIpc) is 2.66. The van der Waals surface area contributed by atoms with Gasteiger partial charge in [0.1, 0.15) is 0 Å². The van der Waals surface area contributed by atoms with Gasteiger partial charge in [0.25, 0.3) is 15.9 Å². The number of rotatable bonds is 6. The molecule has 7 nitrogen and oxygen atoms in total. The molecule has 0 aromatic heterocycles. The van der Waals surface area contributed by atoms with Crippen molar-refractivity contribution in [1.29, 1.82) is 0 Å². The Morgan fingerprint density at radius 1 is 1.00 bits per heavy atom. The summed E-state index contributed by atoms with van der Waals surface area (Å²) in [5.74, 6) is 0.654. The van der Waals surface area contributed by atoms with E-state index in [1.54, 1.807) is 18.2 Å². The van der Waals surface area contributed by atoms with Gasteiger partial charge in [0.05, 0.1) is 24.8 Å². The number of methoxy groups -OCH3 is 2. The highest BCUT2D eigenvalue weighted by Gasteiger charge is 2.22. The van der Waals surface area contributed by atoms with E-state index in [0.717, 1.165) is 4.31 Å². The Balaban J connectivity index is 2.37. The Morgan fingerprint density at radius 3 is 2.12 bits per heavy atom. The maximum atomic E-state index is 12.8. The SMILES string of the molecule is CNC(=O)c1ccc(S(=O)(=O)N(C)c2ccc(OC)c(OC)c2)cc1. The zero-order valence-corrected chi connectivity index (χ0v) is 15.3. The summed E-state index contributed by atoms with van der Waals surface area (Å²) in [5.41, 5.74) is 0.809. The lowest BCUT2D eigenvalue weighted by Gasteiger charge is -2.21. The molecule has 2 aromatic carbocycles. The van der Waals surface area contributed by atoms with E-state index in [0.29, 0.717) is 22.7 Å². The highest BCUT2D eigenvalue weighted by molar-refractivity contribution is 7.92. The Kier molecular flexibility index (Phi) is 5.53.